The van der Waals surface area contributed by atoms with Crippen LogP contribution in [0.3, 0.4) is 0 Å². The largest absolute Gasteiger partial charge is 0.490 e. The van der Waals surface area contributed by atoms with Crippen LogP contribution in [-0.4, -0.2) is 23.4 Å². The number of carbonyl (C=O) groups excluding carboxylic acids is 1. The van der Waals surface area contributed by atoms with Gasteiger partial charge in [-0.3, -0.25) is 9.69 Å². The Morgan fingerprint density at radius 2 is 1.75 bits per heavy atom. The molecule has 0 bridgehead atoms. The number of carbonyl (C=O) groups is 1. The zero-order valence-corrected chi connectivity index (χ0v) is 18.9. The van der Waals surface area contributed by atoms with Gasteiger partial charge in [0.15, 0.2) is 4.32 Å². The van der Waals surface area contributed by atoms with Crippen molar-refractivity contribution in [1.82, 2.24) is 0 Å². The molecule has 3 aromatic rings. The van der Waals surface area contributed by atoms with Crippen LogP contribution in [0.5, 0.6) is 11.5 Å². The molecule has 1 heterocycles. The van der Waals surface area contributed by atoms with Crippen molar-refractivity contribution in [2.45, 2.75) is 6.92 Å². The number of amides is 1. The maximum Gasteiger partial charge on any atom is 0.270 e. The minimum absolute atomic E-state index is 0.149. The summed E-state index contributed by atoms with van der Waals surface area (Å²) >= 11 is 6.48. The maximum atomic E-state index is 14.2. The lowest BCUT2D eigenvalue weighted by Crippen LogP contribution is -2.28. The first-order valence-electron chi connectivity index (χ1n) is 9.97. The number of anilines is 1. The number of nitrogens with zero attached hydrogens (tertiary/aromatic N) is 1. The number of para-hydroxylation sites is 2. The molecule has 0 saturated carbocycles. The van der Waals surface area contributed by atoms with Crippen molar-refractivity contribution in [3.8, 4) is 11.5 Å². The van der Waals surface area contributed by atoms with E-state index in [2.05, 4.69) is 0 Å². The Morgan fingerprint density at radius 1 is 1.00 bits per heavy atom. The van der Waals surface area contributed by atoms with Crippen molar-refractivity contribution in [1.29, 1.82) is 0 Å². The molecule has 3 aromatic carbocycles. The minimum atomic E-state index is -0.498. The lowest BCUT2D eigenvalue weighted by Gasteiger charge is -2.15. The number of rotatable bonds is 7. The van der Waals surface area contributed by atoms with E-state index in [1.807, 2.05) is 55.5 Å². The first kappa shape index (κ1) is 22.0. The number of hydrogen-bond donors (Lipinski definition) is 0. The first-order chi connectivity index (χ1) is 15.5. The van der Waals surface area contributed by atoms with Gasteiger partial charge in [-0.05, 0) is 48.9 Å². The second-order valence-electron chi connectivity index (χ2n) is 7.02. The van der Waals surface area contributed by atoms with E-state index in [0.29, 0.717) is 23.9 Å². The van der Waals surface area contributed by atoms with E-state index in [4.69, 9.17) is 21.7 Å². The molecule has 1 amide bonds. The fourth-order valence-electron chi connectivity index (χ4n) is 3.20. The van der Waals surface area contributed by atoms with Crippen LogP contribution in [0, 0.1) is 12.7 Å². The molecule has 1 saturated heterocycles. The highest BCUT2D eigenvalue weighted by atomic mass is 32.2. The molecule has 0 aromatic heterocycles. The van der Waals surface area contributed by atoms with Crippen LogP contribution in [0.15, 0.2) is 77.7 Å². The van der Waals surface area contributed by atoms with Crippen LogP contribution in [0.2, 0.25) is 0 Å². The minimum Gasteiger partial charge on any atom is -0.490 e. The predicted molar refractivity (Wildman–Crippen MR) is 131 cm³/mol. The number of thiocarbonyl (C=S) groups is 1. The quantitative estimate of drug-likeness (QED) is 0.243. The first-order valence-corrected chi connectivity index (χ1v) is 11.2. The van der Waals surface area contributed by atoms with Gasteiger partial charge in [-0.25, -0.2) is 4.39 Å². The van der Waals surface area contributed by atoms with Gasteiger partial charge in [0.1, 0.15) is 30.5 Å². The molecule has 0 atom stereocenters. The fraction of sp³-hybridized carbons (Fsp3) is 0.120. The van der Waals surface area contributed by atoms with E-state index in [1.165, 1.54) is 17.0 Å². The third kappa shape index (κ3) is 5.00. The molecule has 32 heavy (non-hydrogen) atoms. The number of aryl methyl sites for hydroxylation is 1. The Kier molecular flexibility index (Phi) is 6.87. The topological polar surface area (TPSA) is 38.8 Å². The highest BCUT2D eigenvalue weighted by Gasteiger charge is 2.34. The summed E-state index contributed by atoms with van der Waals surface area (Å²) in [6.45, 7) is 2.73. The van der Waals surface area contributed by atoms with Crippen molar-refractivity contribution in [2.24, 2.45) is 0 Å². The van der Waals surface area contributed by atoms with Crippen LogP contribution in [0.1, 0.15) is 11.1 Å². The monoisotopic (exact) mass is 465 g/mol. The van der Waals surface area contributed by atoms with E-state index in [1.54, 1.807) is 18.2 Å². The lowest BCUT2D eigenvalue weighted by atomic mass is 10.2. The molecule has 0 spiro atoms. The predicted octanol–water partition coefficient (Wildman–Crippen LogP) is 6.00. The summed E-state index contributed by atoms with van der Waals surface area (Å²) in [7, 11) is 0. The van der Waals surface area contributed by atoms with Crippen molar-refractivity contribution in [2.75, 3.05) is 18.1 Å². The number of hydrogen-bond acceptors (Lipinski definition) is 5. The summed E-state index contributed by atoms with van der Waals surface area (Å²) in [5, 5.41) is 0. The van der Waals surface area contributed by atoms with Crippen LogP contribution >= 0.6 is 24.0 Å². The molecule has 7 heteroatoms. The fourth-order valence-corrected chi connectivity index (χ4v) is 4.47. The Morgan fingerprint density at radius 3 is 2.56 bits per heavy atom. The van der Waals surface area contributed by atoms with Crippen molar-refractivity contribution < 1.29 is 18.7 Å². The maximum absolute atomic E-state index is 14.2. The standard InChI is InChI=1S/C25H20FNO3S2/c1-17-7-6-9-19(15-17)29-13-14-30-22-12-5-2-8-18(22)16-23-24(28)27(25(31)32-23)21-11-4-3-10-20(21)26/h2-12,15-16H,13-14H2,1H3. The van der Waals surface area contributed by atoms with Crippen molar-refractivity contribution >= 4 is 46.0 Å². The number of thioether (sulfide) groups is 1. The Hall–Kier alpha value is -3.16. The SMILES string of the molecule is Cc1cccc(OCCOc2ccccc2C=C2SC(=S)N(c3ccccc3F)C2=O)c1. The molecule has 0 unspecified atom stereocenters. The molecule has 0 aliphatic carbocycles. The highest BCUT2D eigenvalue weighted by Crippen LogP contribution is 2.37. The summed E-state index contributed by atoms with van der Waals surface area (Å²) in [5.41, 5.74) is 2.01. The zero-order valence-electron chi connectivity index (χ0n) is 17.3. The van der Waals surface area contributed by atoms with E-state index in [9.17, 15) is 9.18 Å². The molecule has 4 nitrogen and oxygen atoms in total. The summed E-state index contributed by atoms with van der Waals surface area (Å²) in [5.74, 6) is 0.556. The normalized spacial score (nSPS) is 14.8. The van der Waals surface area contributed by atoms with Gasteiger partial charge in [0.05, 0.1) is 10.6 Å². The smallest absolute Gasteiger partial charge is 0.270 e. The molecule has 1 aliphatic heterocycles. The van der Waals surface area contributed by atoms with Crippen LogP contribution in [0.4, 0.5) is 10.1 Å². The Bertz CT molecular complexity index is 1200. The second kappa shape index (κ2) is 9.97. The Labute approximate surface area is 195 Å². The molecular weight excluding hydrogens is 445 g/mol. The molecule has 1 aliphatic rings. The highest BCUT2D eigenvalue weighted by molar-refractivity contribution is 8.27. The van der Waals surface area contributed by atoms with Crippen LogP contribution in [-0.2, 0) is 4.79 Å². The number of benzene rings is 3. The van der Waals surface area contributed by atoms with Gasteiger partial charge in [0.2, 0.25) is 0 Å². The van der Waals surface area contributed by atoms with Crippen LogP contribution in [0.25, 0.3) is 6.08 Å². The average Bonchev–Trinajstić information content (AvgIpc) is 3.05. The summed E-state index contributed by atoms with van der Waals surface area (Å²) in [4.78, 5) is 14.6. The van der Waals surface area contributed by atoms with Crippen LogP contribution < -0.4 is 14.4 Å². The van der Waals surface area contributed by atoms with E-state index >= 15 is 0 Å². The van der Waals surface area contributed by atoms with Gasteiger partial charge < -0.3 is 9.47 Å². The number of ether oxygens (including phenoxy) is 2. The molecule has 0 N–H and O–H groups in total. The summed E-state index contributed by atoms with van der Waals surface area (Å²) in [6, 6.07) is 21.3. The van der Waals surface area contributed by atoms with Gasteiger partial charge in [-0.2, -0.15) is 0 Å². The van der Waals surface area contributed by atoms with Gasteiger partial charge in [-0.1, -0.05) is 66.4 Å². The molecular formula is C25H20FNO3S2. The van der Waals surface area contributed by atoms with E-state index in [0.717, 1.165) is 28.6 Å². The van der Waals surface area contributed by atoms with Gasteiger partial charge in [-0.15, -0.1) is 0 Å². The molecule has 162 valence electrons. The lowest BCUT2D eigenvalue weighted by molar-refractivity contribution is -0.113. The second-order valence-corrected chi connectivity index (χ2v) is 8.70. The zero-order chi connectivity index (χ0) is 22.5. The Balaban J connectivity index is 1.46. The van der Waals surface area contributed by atoms with Gasteiger partial charge in [0.25, 0.3) is 5.91 Å². The summed E-state index contributed by atoms with van der Waals surface area (Å²) in [6.07, 6.45) is 1.72. The van der Waals surface area contributed by atoms with Crippen molar-refractivity contribution in [3.63, 3.8) is 0 Å². The van der Waals surface area contributed by atoms with E-state index in [-0.39, 0.29) is 15.9 Å². The molecule has 4 rings (SSSR count). The molecule has 0 radical (unpaired) electrons. The summed E-state index contributed by atoms with van der Waals surface area (Å²) < 4.78 is 26.1. The third-order valence-corrected chi connectivity index (χ3v) is 5.99. The number of halogens is 1. The third-order valence-electron chi connectivity index (χ3n) is 4.69. The van der Waals surface area contributed by atoms with Crippen molar-refractivity contribution in [3.05, 3.63) is 94.6 Å². The molecule has 1 fully saturated rings. The van der Waals surface area contributed by atoms with Gasteiger partial charge >= 0.3 is 0 Å². The van der Waals surface area contributed by atoms with Gasteiger partial charge in [0, 0.05) is 5.56 Å². The average molecular weight is 466 g/mol. The van der Waals surface area contributed by atoms with E-state index < -0.39 is 5.82 Å².